The number of rotatable bonds is 10. The second kappa shape index (κ2) is 12.6. The van der Waals surface area contributed by atoms with Crippen molar-refractivity contribution in [2.45, 2.75) is 45.4 Å². The van der Waals surface area contributed by atoms with Crippen LogP contribution >= 0.6 is 22.6 Å². The van der Waals surface area contributed by atoms with Crippen molar-refractivity contribution in [3.8, 4) is 5.88 Å². The molecule has 190 valence electrons. The molecular weight excluding hydrogens is 579 g/mol. The van der Waals surface area contributed by atoms with E-state index in [1.807, 2.05) is 42.5 Å². The molecule has 0 saturated carbocycles. The Morgan fingerprint density at radius 2 is 1.62 bits per heavy atom. The average Bonchev–Trinajstić information content (AvgIpc) is 3.21. The van der Waals surface area contributed by atoms with Crippen LogP contribution in [0.1, 0.15) is 65.3 Å². The highest BCUT2D eigenvalue weighted by atomic mass is 127. The first-order chi connectivity index (χ1) is 17.9. The first-order valence-electron chi connectivity index (χ1n) is 12.4. The van der Waals surface area contributed by atoms with Gasteiger partial charge in [0.1, 0.15) is 0 Å². The van der Waals surface area contributed by atoms with Crippen molar-refractivity contribution in [3.05, 3.63) is 87.0 Å². The highest BCUT2D eigenvalue weighted by molar-refractivity contribution is 14.1. The predicted molar refractivity (Wildman–Crippen MR) is 155 cm³/mol. The number of azo groups is 1. The number of anilines is 1. The quantitative estimate of drug-likeness (QED) is 0.0961. The van der Waals surface area contributed by atoms with Crippen molar-refractivity contribution in [1.82, 2.24) is 4.98 Å². The van der Waals surface area contributed by atoms with Crippen LogP contribution in [0.2, 0.25) is 0 Å². The molecule has 7 nitrogen and oxygen atoms in total. The number of aromatic nitrogens is 1. The maximum Gasteiger partial charge on any atom is 0.295 e. The molecule has 1 heterocycles. The van der Waals surface area contributed by atoms with E-state index in [4.69, 9.17) is 0 Å². The number of nitrogens with one attached hydrogen (secondary N) is 2. The fourth-order valence-corrected chi connectivity index (χ4v) is 4.54. The van der Waals surface area contributed by atoms with E-state index in [-0.39, 0.29) is 17.5 Å². The van der Waals surface area contributed by atoms with Gasteiger partial charge in [-0.25, -0.2) is 0 Å². The Hall–Kier alpha value is -3.53. The number of halogens is 1. The lowest BCUT2D eigenvalue weighted by Gasteiger charge is -2.07. The summed E-state index contributed by atoms with van der Waals surface area (Å²) >= 11 is 2.16. The molecule has 4 aromatic rings. The van der Waals surface area contributed by atoms with E-state index in [0.29, 0.717) is 27.7 Å². The fraction of sp³-hybridized carbons (Fsp3) is 0.241. The van der Waals surface area contributed by atoms with Gasteiger partial charge >= 0.3 is 0 Å². The number of aryl methyl sites for hydroxylation is 1. The topological polar surface area (TPSA) is 107 Å². The number of unbranched alkanes of at least 4 members (excludes halogenated alkanes) is 4. The highest BCUT2D eigenvalue weighted by Gasteiger charge is 2.13. The molecule has 0 fully saturated rings. The standard InChI is InChI=1S/C29H29IN4O3/c1-2-3-4-5-6-7-19-8-10-20(11-9-19)27(35)31-23-15-12-21(13-16-23)28(36)34-33-26-24-18-22(30)14-17-25(24)32-29(26)37/h8-18,32,37H,2-7H2,1H3,(H,31,35). The normalized spacial score (nSPS) is 11.3. The van der Waals surface area contributed by atoms with Gasteiger partial charge in [0.25, 0.3) is 11.8 Å². The number of aromatic hydroxyl groups is 1. The summed E-state index contributed by atoms with van der Waals surface area (Å²) in [7, 11) is 0. The van der Waals surface area contributed by atoms with Crippen molar-refractivity contribution < 1.29 is 14.7 Å². The van der Waals surface area contributed by atoms with Crippen molar-refractivity contribution in [3.63, 3.8) is 0 Å². The van der Waals surface area contributed by atoms with E-state index in [1.165, 1.54) is 37.7 Å². The van der Waals surface area contributed by atoms with Crippen LogP contribution in [0.3, 0.4) is 0 Å². The minimum atomic E-state index is -0.553. The largest absolute Gasteiger partial charge is 0.493 e. The van der Waals surface area contributed by atoms with E-state index in [2.05, 4.69) is 50.0 Å². The van der Waals surface area contributed by atoms with Crippen molar-refractivity contribution in [2.24, 2.45) is 10.2 Å². The van der Waals surface area contributed by atoms with E-state index in [0.717, 1.165) is 9.99 Å². The van der Waals surface area contributed by atoms with E-state index in [9.17, 15) is 14.7 Å². The monoisotopic (exact) mass is 608 g/mol. The van der Waals surface area contributed by atoms with Gasteiger partial charge in [0.2, 0.25) is 5.88 Å². The van der Waals surface area contributed by atoms with Gasteiger partial charge in [-0.3, -0.25) is 9.59 Å². The van der Waals surface area contributed by atoms with Gasteiger partial charge in [-0.15, -0.1) is 10.2 Å². The summed E-state index contributed by atoms with van der Waals surface area (Å²) in [5.74, 6) is -0.910. The maximum atomic E-state index is 12.6. The summed E-state index contributed by atoms with van der Waals surface area (Å²) in [6, 6.07) is 19.7. The van der Waals surface area contributed by atoms with Gasteiger partial charge in [0.15, 0.2) is 5.69 Å². The maximum absolute atomic E-state index is 12.6. The van der Waals surface area contributed by atoms with Crippen LogP contribution in [0.5, 0.6) is 5.88 Å². The summed E-state index contributed by atoms with van der Waals surface area (Å²) in [6.07, 6.45) is 7.23. The molecule has 8 heteroatoms. The molecule has 4 rings (SSSR count). The smallest absolute Gasteiger partial charge is 0.295 e. The van der Waals surface area contributed by atoms with Gasteiger partial charge in [0, 0.05) is 25.8 Å². The molecule has 3 aromatic carbocycles. The number of carbonyl (C=O) groups is 2. The van der Waals surface area contributed by atoms with Crippen LogP contribution in [0.25, 0.3) is 10.9 Å². The van der Waals surface area contributed by atoms with Crippen LogP contribution in [0.15, 0.2) is 77.0 Å². The van der Waals surface area contributed by atoms with Crippen molar-refractivity contribution >= 4 is 56.7 Å². The Bertz CT molecular complexity index is 1410. The van der Waals surface area contributed by atoms with Gasteiger partial charge in [0.05, 0.1) is 5.52 Å². The second-order valence-electron chi connectivity index (χ2n) is 8.91. The molecule has 0 unspecified atom stereocenters. The molecule has 0 bridgehead atoms. The Morgan fingerprint density at radius 1 is 0.919 bits per heavy atom. The van der Waals surface area contributed by atoms with Gasteiger partial charge in [-0.2, -0.15) is 0 Å². The lowest BCUT2D eigenvalue weighted by atomic mass is 10.0. The zero-order chi connectivity index (χ0) is 26.2. The number of benzene rings is 3. The highest BCUT2D eigenvalue weighted by Crippen LogP contribution is 2.36. The SMILES string of the molecule is CCCCCCCc1ccc(C(=O)Nc2ccc(C(=O)N=Nc3c(O)[nH]c4ccc(I)cc34)cc2)cc1. The zero-order valence-electron chi connectivity index (χ0n) is 20.6. The van der Waals surface area contributed by atoms with Crippen LogP contribution in [-0.2, 0) is 6.42 Å². The molecule has 1 aromatic heterocycles. The van der Waals surface area contributed by atoms with Crippen LogP contribution in [0, 0.1) is 3.57 Å². The summed E-state index contributed by atoms with van der Waals surface area (Å²) in [5.41, 5.74) is 3.63. The number of hydrogen-bond acceptors (Lipinski definition) is 4. The molecule has 0 saturated heterocycles. The van der Waals surface area contributed by atoms with E-state index < -0.39 is 5.91 Å². The molecule has 0 aliphatic heterocycles. The first-order valence-corrected chi connectivity index (χ1v) is 13.5. The summed E-state index contributed by atoms with van der Waals surface area (Å²) < 4.78 is 0.971. The predicted octanol–water partition coefficient (Wildman–Crippen LogP) is 8.17. The van der Waals surface area contributed by atoms with Gasteiger partial charge < -0.3 is 15.4 Å². The molecule has 0 atom stereocenters. The second-order valence-corrected chi connectivity index (χ2v) is 10.2. The first kappa shape index (κ1) is 26.5. The van der Waals surface area contributed by atoms with E-state index >= 15 is 0 Å². The van der Waals surface area contributed by atoms with Gasteiger partial charge in [-0.1, -0.05) is 44.7 Å². The lowest BCUT2D eigenvalue weighted by molar-refractivity contribution is 0.0993. The number of H-pyrrole nitrogens is 1. The molecule has 2 amide bonds. The average molecular weight is 608 g/mol. The molecule has 0 spiro atoms. The third-order valence-electron chi connectivity index (χ3n) is 6.13. The third kappa shape index (κ3) is 7.03. The zero-order valence-corrected chi connectivity index (χ0v) is 22.8. The van der Waals surface area contributed by atoms with Gasteiger partial charge in [-0.05, 0) is 95.6 Å². The molecule has 0 aliphatic carbocycles. The van der Waals surface area contributed by atoms with Crippen LogP contribution < -0.4 is 5.32 Å². The summed E-state index contributed by atoms with van der Waals surface area (Å²) in [5, 5.41) is 21.4. The summed E-state index contributed by atoms with van der Waals surface area (Å²) in [6.45, 7) is 2.21. The fourth-order valence-electron chi connectivity index (χ4n) is 4.04. The Balaban J connectivity index is 1.34. The molecule has 0 aliphatic rings. The summed E-state index contributed by atoms with van der Waals surface area (Å²) in [4.78, 5) is 28.0. The number of fused-ring (bicyclic) bond motifs is 1. The van der Waals surface area contributed by atoms with E-state index in [1.54, 1.807) is 24.3 Å². The number of amides is 2. The minimum absolute atomic E-state index is 0.147. The Morgan fingerprint density at radius 3 is 2.35 bits per heavy atom. The minimum Gasteiger partial charge on any atom is -0.493 e. The Kier molecular flexibility index (Phi) is 9.05. The third-order valence-corrected chi connectivity index (χ3v) is 6.80. The van der Waals surface area contributed by atoms with Crippen LogP contribution in [-0.4, -0.2) is 21.9 Å². The lowest BCUT2D eigenvalue weighted by Crippen LogP contribution is -2.12. The molecule has 3 N–H and O–H groups in total. The molecule has 0 radical (unpaired) electrons. The van der Waals surface area contributed by atoms with Crippen molar-refractivity contribution in [1.29, 1.82) is 0 Å². The number of aromatic amines is 1. The number of nitrogens with zero attached hydrogens (tertiary/aromatic N) is 2. The number of carbonyl (C=O) groups excluding carboxylic acids is 2. The number of hydrogen-bond donors (Lipinski definition) is 3. The van der Waals surface area contributed by atoms with Crippen LogP contribution in [0.4, 0.5) is 11.4 Å². The molecular formula is C29H29IN4O3. The van der Waals surface area contributed by atoms with Crippen molar-refractivity contribution in [2.75, 3.05) is 5.32 Å². The Labute approximate surface area is 229 Å². The molecule has 37 heavy (non-hydrogen) atoms.